The first-order chi connectivity index (χ1) is 9.60. The van der Waals surface area contributed by atoms with Crippen molar-refractivity contribution in [3.63, 3.8) is 0 Å². The van der Waals surface area contributed by atoms with Crippen LogP contribution in [-0.2, 0) is 13.6 Å². The van der Waals surface area contributed by atoms with Gasteiger partial charge in [0, 0.05) is 20.1 Å². The molecule has 21 heavy (non-hydrogen) atoms. The molecule has 1 heterocycles. The summed E-state index contributed by atoms with van der Waals surface area (Å²) in [6.07, 6.45) is 0.978. The van der Waals surface area contributed by atoms with E-state index in [0.29, 0.717) is 18.8 Å². The molecule has 0 fully saturated rings. The number of nitrogens with one attached hydrogen (secondary N) is 1. The standard InChI is InChI=1S/C15H28N4O2/c1-7-15(4,5)9-17-11-12(16)19(8-10(2)3)14(21)18(6)13(11)20/h10,17H,7-9,16H2,1-6H3. The van der Waals surface area contributed by atoms with Crippen molar-refractivity contribution in [3.8, 4) is 0 Å². The summed E-state index contributed by atoms with van der Waals surface area (Å²) < 4.78 is 2.58. The van der Waals surface area contributed by atoms with Crippen molar-refractivity contribution in [1.82, 2.24) is 9.13 Å². The molecule has 0 unspecified atom stereocenters. The Labute approximate surface area is 126 Å². The van der Waals surface area contributed by atoms with Crippen LogP contribution in [0.4, 0.5) is 11.5 Å². The Kier molecular flexibility index (Phi) is 5.25. The van der Waals surface area contributed by atoms with Crippen LogP contribution in [-0.4, -0.2) is 15.7 Å². The van der Waals surface area contributed by atoms with Gasteiger partial charge in [-0.3, -0.25) is 13.9 Å². The number of aromatic nitrogens is 2. The SMILES string of the molecule is CCC(C)(C)CNc1c(N)n(CC(C)C)c(=O)n(C)c1=O. The van der Waals surface area contributed by atoms with Crippen LogP contribution < -0.4 is 22.3 Å². The molecule has 0 atom stereocenters. The molecule has 120 valence electrons. The number of hydrogen-bond acceptors (Lipinski definition) is 4. The number of nitrogen functional groups attached to an aromatic ring is 1. The van der Waals surface area contributed by atoms with Crippen molar-refractivity contribution in [2.45, 2.75) is 47.6 Å². The number of nitrogens with zero attached hydrogens (tertiary/aromatic N) is 2. The first-order valence-electron chi connectivity index (χ1n) is 7.44. The monoisotopic (exact) mass is 296 g/mol. The van der Waals surface area contributed by atoms with E-state index in [4.69, 9.17) is 5.73 Å². The fraction of sp³-hybridized carbons (Fsp3) is 0.733. The molecule has 1 aromatic rings. The van der Waals surface area contributed by atoms with Gasteiger partial charge in [-0.25, -0.2) is 4.79 Å². The van der Waals surface area contributed by atoms with Crippen molar-refractivity contribution in [1.29, 1.82) is 0 Å². The minimum Gasteiger partial charge on any atom is -0.383 e. The Morgan fingerprint density at radius 1 is 1.29 bits per heavy atom. The molecule has 0 aliphatic rings. The maximum absolute atomic E-state index is 12.3. The third-order valence-electron chi connectivity index (χ3n) is 3.83. The maximum Gasteiger partial charge on any atom is 0.332 e. The highest BCUT2D eigenvalue weighted by Crippen LogP contribution is 2.21. The predicted octanol–water partition coefficient (Wildman–Crippen LogP) is 1.63. The van der Waals surface area contributed by atoms with E-state index in [9.17, 15) is 9.59 Å². The van der Waals surface area contributed by atoms with E-state index < -0.39 is 0 Å². The summed E-state index contributed by atoms with van der Waals surface area (Å²) in [5, 5.41) is 3.14. The van der Waals surface area contributed by atoms with Gasteiger partial charge in [0.2, 0.25) is 0 Å². The van der Waals surface area contributed by atoms with Gasteiger partial charge in [-0.15, -0.1) is 0 Å². The van der Waals surface area contributed by atoms with Crippen LogP contribution in [0.25, 0.3) is 0 Å². The van der Waals surface area contributed by atoms with Crippen molar-refractivity contribution >= 4 is 11.5 Å². The van der Waals surface area contributed by atoms with Crippen LogP contribution in [0.15, 0.2) is 9.59 Å². The van der Waals surface area contributed by atoms with Gasteiger partial charge in [0.15, 0.2) is 0 Å². The van der Waals surface area contributed by atoms with Gasteiger partial charge in [0.1, 0.15) is 11.5 Å². The van der Waals surface area contributed by atoms with Crippen LogP contribution in [0.3, 0.4) is 0 Å². The lowest BCUT2D eigenvalue weighted by atomic mass is 9.90. The molecule has 0 saturated carbocycles. The number of anilines is 2. The first kappa shape index (κ1) is 17.3. The summed E-state index contributed by atoms with van der Waals surface area (Å²) in [6, 6.07) is 0. The topological polar surface area (TPSA) is 82.0 Å². The Morgan fingerprint density at radius 3 is 2.33 bits per heavy atom. The highest BCUT2D eigenvalue weighted by atomic mass is 16.2. The van der Waals surface area contributed by atoms with Gasteiger partial charge in [0.25, 0.3) is 5.56 Å². The average molecular weight is 296 g/mol. The van der Waals surface area contributed by atoms with Crippen LogP contribution in [0.2, 0.25) is 0 Å². The second-order valence-electron chi connectivity index (χ2n) is 6.78. The molecule has 0 aliphatic carbocycles. The van der Waals surface area contributed by atoms with Crippen molar-refractivity contribution in [2.24, 2.45) is 18.4 Å². The molecule has 0 spiro atoms. The molecule has 3 N–H and O–H groups in total. The molecule has 6 heteroatoms. The number of rotatable bonds is 6. The predicted molar refractivity (Wildman–Crippen MR) is 87.8 cm³/mol. The van der Waals surface area contributed by atoms with E-state index in [1.165, 1.54) is 11.6 Å². The van der Waals surface area contributed by atoms with Gasteiger partial charge >= 0.3 is 5.69 Å². The normalized spacial score (nSPS) is 12.0. The molecule has 0 radical (unpaired) electrons. The Morgan fingerprint density at radius 2 is 1.86 bits per heavy atom. The Hall–Kier alpha value is -1.72. The molecular formula is C15H28N4O2. The molecule has 0 aliphatic heterocycles. The van der Waals surface area contributed by atoms with Crippen molar-refractivity contribution in [2.75, 3.05) is 17.6 Å². The molecule has 0 amide bonds. The summed E-state index contributed by atoms with van der Waals surface area (Å²) >= 11 is 0. The lowest BCUT2D eigenvalue weighted by molar-refractivity contribution is 0.376. The van der Waals surface area contributed by atoms with Gasteiger partial charge in [-0.05, 0) is 17.8 Å². The summed E-state index contributed by atoms with van der Waals surface area (Å²) in [5.74, 6) is 0.492. The molecule has 1 rings (SSSR count). The molecule has 1 aromatic heterocycles. The Balaban J connectivity index is 3.29. The van der Waals surface area contributed by atoms with Crippen LogP contribution in [0.1, 0.15) is 41.0 Å². The van der Waals surface area contributed by atoms with Crippen LogP contribution in [0.5, 0.6) is 0 Å². The highest BCUT2D eigenvalue weighted by molar-refractivity contribution is 5.60. The zero-order chi connectivity index (χ0) is 16.4. The highest BCUT2D eigenvalue weighted by Gasteiger charge is 2.19. The zero-order valence-corrected chi connectivity index (χ0v) is 14.0. The molecule has 0 saturated heterocycles. The lowest BCUT2D eigenvalue weighted by Crippen LogP contribution is -2.42. The number of hydrogen-bond donors (Lipinski definition) is 2. The quantitative estimate of drug-likeness (QED) is 0.836. The first-order valence-corrected chi connectivity index (χ1v) is 7.44. The third-order valence-corrected chi connectivity index (χ3v) is 3.83. The minimum atomic E-state index is -0.371. The van der Waals surface area contributed by atoms with E-state index in [1.54, 1.807) is 0 Å². The van der Waals surface area contributed by atoms with E-state index in [-0.39, 0.29) is 28.4 Å². The van der Waals surface area contributed by atoms with E-state index >= 15 is 0 Å². The van der Waals surface area contributed by atoms with E-state index in [2.05, 4.69) is 26.1 Å². The zero-order valence-electron chi connectivity index (χ0n) is 14.0. The van der Waals surface area contributed by atoms with Gasteiger partial charge < -0.3 is 11.1 Å². The summed E-state index contributed by atoms with van der Waals surface area (Å²) in [4.78, 5) is 24.4. The van der Waals surface area contributed by atoms with Gasteiger partial charge in [-0.1, -0.05) is 34.6 Å². The van der Waals surface area contributed by atoms with Crippen molar-refractivity contribution in [3.05, 3.63) is 20.8 Å². The fourth-order valence-corrected chi connectivity index (χ4v) is 1.94. The minimum absolute atomic E-state index is 0.0520. The van der Waals surface area contributed by atoms with Gasteiger partial charge in [0.05, 0.1) is 0 Å². The lowest BCUT2D eigenvalue weighted by Gasteiger charge is -2.24. The molecule has 0 bridgehead atoms. The Bertz CT molecular complexity index is 611. The summed E-state index contributed by atoms with van der Waals surface area (Å²) in [7, 11) is 1.48. The molecular weight excluding hydrogens is 268 g/mol. The van der Waals surface area contributed by atoms with Crippen LogP contribution in [0, 0.1) is 11.3 Å². The van der Waals surface area contributed by atoms with E-state index in [1.807, 2.05) is 13.8 Å². The second kappa shape index (κ2) is 6.37. The summed E-state index contributed by atoms with van der Waals surface area (Å²) in [6.45, 7) is 11.5. The number of nitrogens with two attached hydrogens (primary N) is 1. The largest absolute Gasteiger partial charge is 0.383 e. The molecule has 0 aromatic carbocycles. The van der Waals surface area contributed by atoms with Crippen LogP contribution >= 0.6 is 0 Å². The molecule has 6 nitrogen and oxygen atoms in total. The summed E-state index contributed by atoms with van der Waals surface area (Å²) in [5.41, 5.74) is 5.69. The maximum atomic E-state index is 12.3. The smallest absolute Gasteiger partial charge is 0.332 e. The van der Waals surface area contributed by atoms with E-state index in [0.717, 1.165) is 11.0 Å². The van der Waals surface area contributed by atoms with Crippen molar-refractivity contribution < 1.29 is 0 Å². The second-order valence-corrected chi connectivity index (χ2v) is 6.78. The average Bonchev–Trinajstić information content (AvgIpc) is 2.41. The fourth-order valence-electron chi connectivity index (χ4n) is 1.94. The third kappa shape index (κ3) is 3.89. The van der Waals surface area contributed by atoms with Gasteiger partial charge in [-0.2, -0.15) is 0 Å².